The van der Waals surface area contributed by atoms with Crippen molar-refractivity contribution < 1.29 is 13.3 Å². The predicted octanol–water partition coefficient (Wildman–Crippen LogP) is 2.05. The first-order valence-corrected chi connectivity index (χ1v) is 9.22. The Morgan fingerprint density at radius 1 is 1.08 bits per heavy atom. The Morgan fingerprint density at radius 2 is 1.68 bits per heavy atom. The highest BCUT2D eigenvalue weighted by molar-refractivity contribution is 7.89. The van der Waals surface area contributed by atoms with Crippen molar-refractivity contribution in [3.8, 4) is 0 Å². The van der Waals surface area contributed by atoms with Crippen LogP contribution < -0.4 is 4.72 Å². The molecule has 0 bridgehead atoms. The van der Waals surface area contributed by atoms with Crippen LogP contribution in [0.2, 0.25) is 0 Å². The summed E-state index contributed by atoms with van der Waals surface area (Å²) >= 11 is 0. The lowest BCUT2D eigenvalue weighted by atomic mass is 10.1. The molecule has 0 unspecified atom stereocenters. The highest BCUT2D eigenvalue weighted by Gasteiger charge is 2.19. The first-order valence-electron chi connectivity index (χ1n) is 7.74. The van der Waals surface area contributed by atoms with Gasteiger partial charge in [0.15, 0.2) is 0 Å². The van der Waals surface area contributed by atoms with Crippen molar-refractivity contribution >= 4 is 15.7 Å². The lowest BCUT2D eigenvalue weighted by Crippen LogP contribution is -2.41. The van der Waals surface area contributed by atoms with E-state index in [0.29, 0.717) is 6.42 Å². The summed E-state index contributed by atoms with van der Waals surface area (Å²) in [7, 11) is 0.0703. The van der Waals surface area contributed by atoms with Gasteiger partial charge in [-0.2, -0.15) is 0 Å². The van der Waals surface area contributed by atoms with Crippen molar-refractivity contribution in [1.29, 1.82) is 0 Å². The van der Waals surface area contributed by atoms with Crippen LogP contribution in [-0.2, 0) is 16.4 Å². The third-order valence-electron chi connectivity index (χ3n) is 3.91. The number of nitrogens with one attached hydrogen (secondary N) is 1. The molecule has 0 aliphatic carbocycles. The van der Waals surface area contributed by atoms with Crippen molar-refractivity contribution in [2.24, 2.45) is 0 Å². The van der Waals surface area contributed by atoms with Gasteiger partial charge >= 0.3 is 0 Å². The standard InChI is InChI=1S/C17H21N3O4S/c1-19(2)16(12-14-6-4-3-5-7-14)13-18-25(23,24)17-10-8-15(9-11-17)20(21)22/h3-11,16,18H,12-13H2,1-2H3/t16-/m1/s1. The van der Waals surface area contributed by atoms with Crippen LogP contribution in [0.3, 0.4) is 0 Å². The van der Waals surface area contributed by atoms with Crippen molar-refractivity contribution in [2.75, 3.05) is 20.6 Å². The number of hydrogen-bond acceptors (Lipinski definition) is 5. The number of sulfonamides is 1. The van der Waals surface area contributed by atoms with Gasteiger partial charge in [0.05, 0.1) is 9.82 Å². The van der Waals surface area contributed by atoms with Gasteiger partial charge in [0.1, 0.15) is 0 Å². The summed E-state index contributed by atoms with van der Waals surface area (Å²) in [4.78, 5) is 12.1. The molecular formula is C17H21N3O4S. The van der Waals surface area contributed by atoms with Gasteiger partial charge in [-0.1, -0.05) is 30.3 Å². The van der Waals surface area contributed by atoms with Gasteiger partial charge in [-0.25, -0.2) is 13.1 Å². The third kappa shape index (κ3) is 5.35. The molecule has 0 radical (unpaired) electrons. The molecule has 2 rings (SSSR count). The molecule has 0 saturated carbocycles. The van der Waals surface area contributed by atoms with E-state index in [0.717, 1.165) is 5.56 Å². The van der Waals surface area contributed by atoms with Crippen molar-refractivity contribution in [1.82, 2.24) is 9.62 Å². The molecule has 0 aliphatic heterocycles. The number of nitrogens with zero attached hydrogens (tertiary/aromatic N) is 2. The molecule has 0 aliphatic rings. The fourth-order valence-electron chi connectivity index (χ4n) is 2.36. The molecule has 134 valence electrons. The maximum absolute atomic E-state index is 12.4. The minimum absolute atomic E-state index is 0.00955. The van der Waals surface area contributed by atoms with Gasteiger partial charge < -0.3 is 4.90 Å². The monoisotopic (exact) mass is 363 g/mol. The Hall–Kier alpha value is -2.29. The fourth-order valence-corrected chi connectivity index (χ4v) is 3.43. The number of nitro benzene ring substituents is 1. The summed E-state index contributed by atoms with van der Waals surface area (Å²) in [6.45, 7) is 0.237. The molecular weight excluding hydrogens is 342 g/mol. The van der Waals surface area contributed by atoms with E-state index in [2.05, 4.69) is 4.72 Å². The molecule has 0 saturated heterocycles. The largest absolute Gasteiger partial charge is 0.305 e. The molecule has 7 nitrogen and oxygen atoms in total. The highest BCUT2D eigenvalue weighted by Crippen LogP contribution is 2.16. The summed E-state index contributed by atoms with van der Waals surface area (Å²) < 4.78 is 27.4. The normalized spacial score (nSPS) is 12.9. The Balaban J connectivity index is 2.06. The van der Waals surface area contributed by atoms with E-state index < -0.39 is 14.9 Å². The number of rotatable bonds is 8. The molecule has 8 heteroatoms. The van der Waals surface area contributed by atoms with Gasteiger partial charge in [0, 0.05) is 24.7 Å². The third-order valence-corrected chi connectivity index (χ3v) is 5.35. The number of benzene rings is 2. The van der Waals surface area contributed by atoms with Crippen LogP contribution in [0.15, 0.2) is 59.5 Å². The second kappa shape index (κ2) is 8.19. The molecule has 0 heterocycles. The Bertz CT molecular complexity index is 806. The summed E-state index contributed by atoms with van der Waals surface area (Å²) in [6.07, 6.45) is 0.705. The van der Waals surface area contributed by atoms with E-state index in [1.54, 1.807) is 0 Å². The van der Waals surface area contributed by atoms with Gasteiger partial charge in [-0.05, 0) is 38.2 Å². The Labute approximate surface area is 147 Å². The molecule has 0 spiro atoms. The number of hydrogen-bond donors (Lipinski definition) is 1. The van der Waals surface area contributed by atoms with Crippen LogP contribution in [0.5, 0.6) is 0 Å². The van der Waals surface area contributed by atoms with Gasteiger partial charge in [-0.15, -0.1) is 0 Å². The van der Waals surface area contributed by atoms with E-state index in [1.165, 1.54) is 24.3 Å². The SMILES string of the molecule is CN(C)[C@@H](CNS(=O)(=O)c1ccc([N+](=O)[O-])cc1)Cc1ccccc1. The van der Waals surface area contributed by atoms with Crippen molar-refractivity contribution in [3.63, 3.8) is 0 Å². The molecule has 2 aromatic carbocycles. The van der Waals surface area contributed by atoms with E-state index in [4.69, 9.17) is 0 Å². The summed E-state index contributed by atoms with van der Waals surface area (Å²) in [6, 6.07) is 14.7. The van der Waals surface area contributed by atoms with Crippen LogP contribution >= 0.6 is 0 Å². The summed E-state index contributed by atoms with van der Waals surface area (Å²) in [5.41, 5.74) is 0.977. The zero-order valence-electron chi connectivity index (χ0n) is 14.1. The average Bonchev–Trinajstić information content (AvgIpc) is 2.59. The Morgan fingerprint density at radius 3 is 2.20 bits per heavy atom. The van der Waals surface area contributed by atoms with Crippen LogP contribution in [0.4, 0.5) is 5.69 Å². The number of non-ortho nitro benzene ring substituents is 1. The molecule has 2 aromatic rings. The molecule has 1 N–H and O–H groups in total. The number of likely N-dealkylation sites (N-methyl/N-ethyl adjacent to an activating group) is 1. The Kier molecular flexibility index (Phi) is 6.24. The predicted molar refractivity (Wildman–Crippen MR) is 95.9 cm³/mol. The lowest BCUT2D eigenvalue weighted by molar-refractivity contribution is -0.384. The number of nitro groups is 1. The van der Waals surface area contributed by atoms with Gasteiger partial charge in [-0.3, -0.25) is 10.1 Å². The summed E-state index contributed by atoms with van der Waals surface area (Å²) in [5, 5.41) is 10.7. The second-order valence-electron chi connectivity index (χ2n) is 5.91. The minimum atomic E-state index is -3.72. The molecule has 1 atom stereocenters. The molecule has 25 heavy (non-hydrogen) atoms. The molecule has 0 fully saturated rings. The highest BCUT2D eigenvalue weighted by atomic mass is 32.2. The van der Waals surface area contributed by atoms with E-state index >= 15 is 0 Å². The maximum atomic E-state index is 12.4. The minimum Gasteiger partial charge on any atom is -0.305 e. The van der Waals surface area contributed by atoms with Crippen molar-refractivity contribution in [3.05, 3.63) is 70.3 Å². The van der Waals surface area contributed by atoms with Crippen LogP contribution in [0.1, 0.15) is 5.56 Å². The lowest BCUT2D eigenvalue weighted by Gasteiger charge is -2.24. The zero-order valence-corrected chi connectivity index (χ0v) is 14.9. The maximum Gasteiger partial charge on any atom is 0.269 e. The van der Waals surface area contributed by atoms with E-state index in [1.807, 2.05) is 49.3 Å². The quantitative estimate of drug-likeness (QED) is 0.572. The first-order chi connectivity index (χ1) is 11.8. The van der Waals surface area contributed by atoms with Crippen LogP contribution in [0, 0.1) is 10.1 Å². The van der Waals surface area contributed by atoms with Gasteiger partial charge in [0.2, 0.25) is 10.0 Å². The first kappa shape index (κ1) is 19.0. The van der Waals surface area contributed by atoms with E-state index in [9.17, 15) is 18.5 Å². The average molecular weight is 363 g/mol. The van der Waals surface area contributed by atoms with Crippen molar-refractivity contribution in [2.45, 2.75) is 17.4 Å². The fraction of sp³-hybridized carbons (Fsp3) is 0.294. The summed E-state index contributed by atoms with van der Waals surface area (Å²) in [5.74, 6) is 0. The second-order valence-corrected chi connectivity index (χ2v) is 7.68. The van der Waals surface area contributed by atoms with Crippen LogP contribution in [-0.4, -0.2) is 44.9 Å². The van der Waals surface area contributed by atoms with Gasteiger partial charge in [0.25, 0.3) is 5.69 Å². The topological polar surface area (TPSA) is 92.6 Å². The smallest absolute Gasteiger partial charge is 0.269 e. The van der Waals surface area contributed by atoms with E-state index in [-0.39, 0.29) is 23.2 Å². The molecule has 0 aromatic heterocycles. The van der Waals surface area contributed by atoms with Crippen LogP contribution in [0.25, 0.3) is 0 Å². The zero-order chi connectivity index (χ0) is 18.4. The molecule has 0 amide bonds.